The molecule has 2 atom stereocenters. The lowest BCUT2D eigenvalue weighted by molar-refractivity contribution is 0.0926. The molecule has 0 aromatic heterocycles. The minimum Gasteiger partial charge on any atom is -0.373 e. The average Bonchev–Trinajstić information content (AvgIpc) is 3.16. The molecule has 1 aliphatic carbocycles. The van der Waals surface area contributed by atoms with Gasteiger partial charge < -0.3 is 15.8 Å². The van der Waals surface area contributed by atoms with Crippen molar-refractivity contribution in [1.29, 1.82) is 0 Å². The van der Waals surface area contributed by atoms with E-state index in [2.05, 4.69) is 52.8 Å². The van der Waals surface area contributed by atoms with Gasteiger partial charge in [-0.1, -0.05) is 42.5 Å². The molecule has 0 bridgehead atoms. The Bertz CT molecular complexity index is 772. The van der Waals surface area contributed by atoms with Crippen molar-refractivity contribution in [3.05, 3.63) is 65.2 Å². The van der Waals surface area contributed by atoms with E-state index in [0.717, 1.165) is 25.1 Å². The number of anilines is 1. The Balaban J connectivity index is 1.43. The molecule has 1 saturated heterocycles. The number of nitrogens with zero attached hydrogens (tertiary/aromatic N) is 1. The first kappa shape index (κ1) is 17.1. The van der Waals surface area contributed by atoms with Crippen LogP contribution in [-0.4, -0.2) is 19.1 Å². The van der Waals surface area contributed by atoms with Crippen LogP contribution in [0, 0.1) is 5.92 Å². The van der Waals surface area contributed by atoms with Gasteiger partial charge in [0.05, 0.1) is 6.10 Å². The van der Waals surface area contributed by atoms with Gasteiger partial charge in [-0.2, -0.15) is 0 Å². The van der Waals surface area contributed by atoms with Crippen LogP contribution in [0.4, 0.5) is 5.69 Å². The van der Waals surface area contributed by atoms with E-state index in [-0.39, 0.29) is 6.10 Å². The van der Waals surface area contributed by atoms with E-state index < -0.39 is 0 Å². The number of nitrogens with two attached hydrogens (primary N) is 1. The predicted molar refractivity (Wildman–Crippen MR) is 106 cm³/mol. The zero-order chi connectivity index (χ0) is 17.8. The minimum absolute atomic E-state index is 0.122. The molecule has 4 heteroatoms. The second-order valence-electron chi connectivity index (χ2n) is 7.25. The molecule has 4 nitrogen and oxygen atoms in total. The number of ether oxygens (including phenoxy) is 1. The Morgan fingerprint density at radius 1 is 1.08 bits per heavy atom. The Morgan fingerprint density at radius 3 is 2.81 bits per heavy atom. The Labute approximate surface area is 155 Å². The molecule has 136 valence electrons. The molecule has 1 fully saturated rings. The van der Waals surface area contributed by atoms with Gasteiger partial charge in [0.1, 0.15) is 0 Å². The van der Waals surface area contributed by atoms with Gasteiger partial charge in [-0.15, -0.1) is 0 Å². The van der Waals surface area contributed by atoms with Gasteiger partial charge >= 0.3 is 0 Å². The fourth-order valence-corrected chi connectivity index (χ4v) is 4.12. The molecule has 0 radical (unpaired) electrons. The zero-order valence-corrected chi connectivity index (χ0v) is 15.2. The molecule has 4 rings (SSSR count). The van der Waals surface area contributed by atoms with Gasteiger partial charge in [-0.05, 0) is 54.9 Å². The lowest BCUT2D eigenvalue weighted by Gasteiger charge is -2.20. The standard InChI is InChI=1S/C22H27N3O/c23-22(25-20-12-6-10-16-7-4-5-11-19(16)20)24-15-18-13-14-26-21(18)17-8-2-1-3-9-17/h1-3,6,8-10,12,18,21H,4-5,7,11,13-15H2,(H3,23,24,25)/t18-,21-/m1/s1. The summed E-state index contributed by atoms with van der Waals surface area (Å²) < 4.78 is 5.95. The quantitative estimate of drug-likeness (QED) is 0.646. The number of nitrogens with one attached hydrogen (secondary N) is 1. The zero-order valence-electron chi connectivity index (χ0n) is 15.2. The summed E-state index contributed by atoms with van der Waals surface area (Å²) in [6.07, 6.45) is 5.97. The maximum absolute atomic E-state index is 6.20. The number of rotatable bonds is 4. The molecule has 0 spiro atoms. The van der Waals surface area contributed by atoms with E-state index in [1.165, 1.54) is 36.0 Å². The third-order valence-corrected chi connectivity index (χ3v) is 5.50. The van der Waals surface area contributed by atoms with Crippen LogP contribution in [-0.2, 0) is 17.6 Å². The van der Waals surface area contributed by atoms with Crippen LogP contribution in [0.5, 0.6) is 0 Å². The lowest BCUT2D eigenvalue weighted by Crippen LogP contribution is -2.25. The SMILES string of the molecule is NC(=NC[C@H]1CCO[C@@H]1c1ccccc1)Nc1cccc2c1CCCC2. The third kappa shape index (κ3) is 3.75. The van der Waals surface area contributed by atoms with Crippen LogP contribution in [0.3, 0.4) is 0 Å². The number of hydrogen-bond acceptors (Lipinski definition) is 2. The maximum atomic E-state index is 6.20. The number of guanidine groups is 1. The van der Waals surface area contributed by atoms with Crippen LogP contribution < -0.4 is 11.1 Å². The van der Waals surface area contributed by atoms with Crippen molar-refractivity contribution in [2.75, 3.05) is 18.5 Å². The first-order chi connectivity index (χ1) is 12.8. The summed E-state index contributed by atoms with van der Waals surface area (Å²) in [5.74, 6) is 0.880. The van der Waals surface area contributed by atoms with Crippen molar-refractivity contribution < 1.29 is 4.74 Å². The molecule has 26 heavy (non-hydrogen) atoms. The number of aliphatic imine (C=N–C) groups is 1. The molecule has 2 aromatic rings. The van der Waals surface area contributed by atoms with Crippen molar-refractivity contribution >= 4 is 11.6 Å². The smallest absolute Gasteiger partial charge is 0.193 e. The maximum Gasteiger partial charge on any atom is 0.193 e. The van der Waals surface area contributed by atoms with Gasteiger partial charge in [-0.25, -0.2) is 0 Å². The van der Waals surface area contributed by atoms with E-state index in [0.29, 0.717) is 18.4 Å². The van der Waals surface area contributed by atoms with Gasteiger partial charge in [0.2, 0.25) is 0 Å². The van der Waals surface area contributed by atoms with Crippen molar-refractivity contribution in [2.24, 2.45) is 16.6 Å². The molecular weight excluding hydrogens is 322 g/mol. The fourth-order valence-electron chi connectivity index (χ4n) is 4.12. The largest absolute Gasteiger partial charge is 0.373 e. The predicted octanol–water partition coefficient (Wildman–Crippen LogP) is 4.07. The first-order valence-electron chi connectivity index (χ1n) is 9.65. The van der Waals surface area contributed by atoms with Gasteiger partial charge in [0.15, 0.2) is 5.96 Å². The molecule has 0 unspecified atom stereocenters. The first-order valence-corrected chi connectivity index (χ1v) is 9.65. The summed E-state index contributed by atoms with van der Waals surface area (Å²) in [5.41, 5.74) is 11.4. The summed E-state index contributed by atoms with van der Waals surface area (Å²) >= 11 is 0. The fraction of sp³-hybridized carbons (Fsp3) is 0.409. The van der Waals surface area contributed by atoms with Crippen molar-refractivity contribution in [1.82, 2.24) is 0 Å². The number of aryl methyl sites for hydroxylation is 1. The lowest BCUT2D eigenvalue weighted by atomic mass is 9.90. The highest BCUT2D eigenvalue weighted by Gasteiger charge is 2.29. The summed E-state index contributed by atoms with van der Waals surface area (Å²) in [7, 11) is 0. The van der Waals surface area contributed by atoms with Crippen LogP contribution in [0.2, 0.25) is 0 Å². The molecule has 3 N–H and O–H groups in total. The van der Waals surface area contributed by atoms with E-state index >= 15 is 0 Å². The van der Waals surface area contributed by atoms with Crippen LogP contribution >= 0.6 is 0 Å². The van der Waals surface area contributed by atoms with Crippen LogP contribution in [0.25, 0.3) is 0 Å². The highest BCUT2D eigenvalue weighted by molar-refractivity contribution is 5.93. The minimum atomic E-state index is 0.122. The Hall–Kier alpha value is -2.33. The van der Waals surface area contributed by atoms with E-state index in [1.54, 1.807) is 0 Å². The van der Waals surface area contributed by atoms with Crippen molar-refractivity contribution in [3.8, 4) is 0 Å². The highest BCUT2D eigenvalue weighted by Crippen LogP contribution is 2.34. The normalized spacial score (nSPS) is 22.8. The third-order valence-electron chi connectivity index (χ3n) is 5.50. The number of hydrogen-bond donors (Lipinski definition) is 2. The van der Waals surface area contributed by atoms with Crippen LogP contribution in [0.1, 0.15) is 42.1 Å². The van der Waals surface area contributed by atoms with Gasteiger partial charge in [-0.3, -0.25) is 4.99 Å². The number of fused-ring (bicyclic) bond motifs is 1. The number of benzene rings is 2. The van der Waals surface area contributed by atoms with Crippen LogP contribution in [0.15, 0.2) is 53.5 Å². The van der Waals surface area contributed by atoms with Gasteiger partial charge in [0.25, 0.3) is 0 Å². The topological polar surface area (TPSA) is 59.6 Å². The summed E-state index contributed by atoms with van der Waals surface area (Å²) in [6.45, 7) is 1.48. The van der Waals surface area contributed by atoms with Gasteiger partial charge in [0, 0.05) is 24.8 Å². The summed E-state index contributed by atoms with van der Waals surface area (Å²) in [5, 5.41) is 3.34. The summed E-state index contributed by atoms with van der Waals surface area (Å²) in [4.78, 5) is 4.63. The molecule has 1 aliphatic heterocycles. The van der Waals surface area contributed by atoms with E-state index in [9.17, 15) is 0 Å². The highest BCUT2D eigenvalue weighted by atomic mass is 16.5. The van der Waals surface area contributed by atoms with Crippen molar-refractivity contribution in [3.63, 3.8) is 0 Å². The van der Waals surface area contributed by atoms with Crippen molar-refractivity contribution in [2.45, 2.75) is 38.2 Å². The molecule has 0 amide bonds. The molecule has 2 aliphatic rings. The monoisotopic (exact) mass is 349 g/mol. The second-order valence-corrected chi connectivity index (χ2v) is 7.25. The second kappa shape index (κ2) is 7.92. The Kier molecular flexibility index (Phi) is 5.21. The van der Waals surface area contributed by atoms with E-state index in [1.807, 2.05) is 6.07 Å². The summed E-state index contributed by atoms with van der Waals surface area (Å²) in [6, 6.07) is 16.9. The molecule has 2 aromatic carbocycles. The Morgan fingerprint density at radius 2 is 1.92 bits per heavy atom. The van der Waals surface area contributed by atoms with E-state index in [4.69, 9.17) is 10.5 Å². The average molecular weight is 349 g/mol. The molecular formula is C22H27N3O. The molecule has 1 heterocycles. The molecule has 0 saturated carbocycles.